The van der Waals surface area contributed by atoms with E-state index in [4.69, 9.17) is 18.0 Å². The minimum absolute atomic E-state index is 0.412. The molecule has 0 amide bonds. The van der Waals surface area contributed by atoms with Gasteiger partial charge in [-0.2, -0.15) is 0 Å². The number of hydrogen-bond acceptors (Lipinski definition) is 1. The second kappa shape index (κ2) is 15.1. The van der Waals surface area contributed by atoms with Gasteiger partial charge in [0.15, 0.2) is 0 Å². The Kier molecular flexibility index (Phi) is 19.4. The molecule has 0 aromatic carbocycles. The van der Waals surface area contributed by atoms with E-state index in [0.717, 1.165) is 0 Å². The second-order valence-electron chi connectivity index (χ2n) is 3.49. The van der Waals surface area contributed by atoms with Crippen molar-refractivity contribution in [2.75, 3.05) is 0 Å². The minimum atomic E-state index is -0.588. The maximum absolute atomic E-state index is 8.12. The molecule has 1 N–H and O–H groups in total. The van der Waals surface area contributed by atoms with Crippen LogP contribution >= 0.6 is 0 Å². The lowest BCUT2D eigenvalue weighted by atomic mass is 10.2. The van der Waals surface area contributed by atoms with E-state index in [1.165, 1.54) is 0 Å². The van der Waals surface area contributed by atoms with E-state index in [9.17, 15) is 0 Å². The lowest BCUT2D eigenvalue weighted by Gasteiger charge is -1.80. The Balaban J connectivity index is -0.000000144. The average molecular weight is 206 g/mol. The van der Waals surface area contributed by atoms with Gasteiger partial charge in [-0.1, -0.05) is 33.6 Å². The monoisotopic (exact) mass is 206 g/mol. The van der Waals surface area contributed by atoms with E-state index in [1.54, 1.807) is 6.92 Å². The van der Waals surface area contributed by atoms with E-state index in [1.807, 2.05) is 27.7 Å². The van der Waals surface area contributed by atoms with Gasteiger partial charge in [0.1, 0.15) is 6.10 Å². The molecule has 0 fully saturated rings. The van der Waals surface area contributed by atoms with Crippen LogP contribution in [-0.2, 0) is 0 Å². The van der Waals surface area contributed by atoms with Crippen LogP contribution in [0.3, 0.4) is 0 Å². The number of terminal acetylenes is 3. The predicted octanol–water partition coefficient (Wildman–Crippen LogP) is 2.55. The zero-order valence-electron chi connectivity index (χ0n) is 10.4. The average Bonchev–Trinajstić information content (AvgIpc) is 2.19. The lowest BCUT2D eigenvalue weighted by Crippen LogP contribution is -1.90. The fourth-order valence-corrected chi connectivity index (χ4v) is 0. The van der Waals surface area contributed by atoms with Crippen molar-refractivity contribution in [2.24, 2.45) is 11.8 Å². The Labute approximate surface area is 95.3 Å². The summed E-state index contributed by atoms with van der Waals surface area (Å²) in [5.41, 5.74) is 0. The van der Waals surface area contributed by atoms with Crippen molar-refractivity contribution in [2.45, 2.75) is 40.7 Å². The van der Waals surface area contributed by atoms with E-state index in [2.05, 4.69) is 24.2 Å². The van der Waals surface area contributed by atoms with Crippen LogP contribution in [0.5, 0.6) is 0 Å². The van der Waals surface area contributed by atoms with Gasteiger partial charge in [0.25, 0.3) is 0 Å². The topological polar surface area (TPSA) is 20.2 Å². The molecule has 1 heteroatoms. The summed E-state index contributed by atoms with van der Waals surface area (Å²) in [5, 5.41) is 8.12. The molecule has 0 aromatic heterocycles. The third-order valence-corrected chi connectivity index (χ3v) is 0.908. The molecular weight excluding hydrogens is 184 g/mol. The quantitative estimate of drug-likeness (QED) is 0.604. The highest BCUT2D eigenvalue weighted by molar-refractivity contribution is 4.89. The molecule has 0 heterocycles. The van der Waals surface area contributed by atoms with E-state index < -0.39 is 6.10 Å². The zero-order chi connectivity index (χ0) is 12.9. The summed E-state index contributed by atoms with van der Waals surface area (Å²) in [6, 6.07) is 0. The first kappa shape index (κ1) is 19.2. The van der Waals surface area contributed by atoms with Crippen molar-refractivity contribution in [3.63, 3.8) is 0 Å². The van der Waals surface area contributed by atoms with Gasteiger partial charge in [0, 0.05) is 11.8 Å². The number of aliphatic hydroxyl groups is 1. The van der Waals surface area contributed by atoms with Crippen LogP contribution in [0.15, 0.2) is 0 Å². The van der Waals surface area contributed by atoms with Gasteiger partial charge in [0.2, 0.25) is 0 Å². The van der Waals surface area contributed by atoms with Crippen molar-refractivity contribution in [3.05, 3.63) is 0 Å². The van der Waals surface area contributed by atoms with Crippen molar-refractivity contribution < 1.29 is 5.11 Å². The molecule has 0 spiro atoms. The van der Waals surface area contributed by atoms with Gasteiger partial charge in [-0.3, -0.25) is 0 Å². The second-order valence-corrected chi connectivity index (χ2v) is 3.49. The molecular formula is C14H22O. The highest BCUT2D eigenvalue weighted by Crippen LogP contribution is 1.82. The smallest absolute Gasteiger partial charge is 0.111 e. The van der Waals surface area contributed by atoms with Crippen molar-refractivity contribution in [1.29, 1.82) is 0 Å². The highest BCUT2D eigenvalue weighted by Gasteiger charge is 1.75. The third kappa shape index (κ3) is 66.5. The van der Waals surface area contributed by atoms with Crippen LogP contribution in [0.25, 0.3) is 0 Å². The van der Waals surface area contributed by atoms with Crippen LogP contribution in [0.4, 0.5) is 0 Å². The Bertz CT molecular complexity index is 185. The first-order valence-electron chi connectivity index (χ1n) is 4.88. The maximum atomic E-state index is 8.12. The number of rotatable bonds is 0. The Hall–Kier alpha value is -1.36. The van der Waals surface area contributed by atoms with Gasteiger partial charge >= 0.3 is 0 Å². The maximum Gasteiger partial charge on any atom is 0.111 e. The summed E-state index contributed by atoms with van der Waals surface area (Å²) in [7, 11) is 0. The molecule has 0 bridgehead atoms. The molecule has 0 aliphatic heterocycles. The Morgan fingerprint density at radius 2 is 0.867 bits per heavy atom. The van der Waals surface area contributed by atoms with Crippen LogP contribution in [0.1, 0.15) is 34.6 Å². The molecule has 0 aromatic rings. The first-order chi connectivity index (χ1) is 6.81. The minimum Gasteiger partial charge on any atom is -0.381 e. The Morgan fingerprint density at radius 1 is 0.733 bits per heavy atom. The molecule has 0 saturated heterocycles. The third-order valence-electron chi connectivity index (χ3n) is 0.908. The molecule has 1 nitrogen and oxygen atoms in total. The zero-order valence-corrected chi connectivity index (χ0v) is 10.4. The van der Waals surface area contributed by atoms with Crippen LogP contribution in [0, 0.1) is 48.9 Å². The standard InChI is InChI=1S/2C5H8.C4H6O/c2*1-4-5(2)3;1-3-4(2)5/h2*1,5H,2-3H3;1,4-5H,2H3/t;;4-/m..0/s1. The van der Waals surface area contributed by atoms with Crippen LogP contribution in [0.2, 0.25) is 0 Å². The molecule has 0 rings (SSSR count). The van der Waals surface area contributed by atoms with Gasteiger partial charge in [-0.15, -0.1) is 31.1 Å². The normalized spacial score (nSPS) is 9.40. The molecule has 0 unspecified atom stereocenters. The van der Waals surface area contributed by atoms with E-state index in [0.29, 0.717) is 11.8 Å². The van der Waals surface area contributed by atoms with Crippen LogP contribution < -0.4 is 0 Å². The first-order valence-corrected chi connectivity index (χ1v) is 4.88. The fraction of sp³-hybridized carbons (Fsp3) is 0.571. The molecule has 1 atom stereocenters. The molecule has 0 aliphatic rings. The van der Waals surface area contributed by atoms with Gasteiger partial charge < -0.3 is 5.11 Å². The fourth-order valence-electron chi connectivity index (χ4n) is 0. The molecule has 0 saturated carbocycles. The van der Waals surface area contributed by atoms with Gasteiger partial charge in [-0.25, -0.2) is 0 Å². The lowest BCUT2D eigenvalue weighted by molar-refractivity contribution is 0.253. The van der Waals surface area contributed by atoms with Crippen molar-refractivity contribution in [3.8, 4) is 37.0 Å². The van der Waals surface area contributed by atoms with Crippen molar-refractivity contribution in [1.82, 2.24) is 0 Å². The summed E-state index contributed by atoms with van der Waals surface area (Å²) >= 11 is 0. The molecule has 0 aliphatic carbocycles. The van der Waals surface area contributed by atoms with Gasteiger partial charge in [0.05, 0.1) is 0 Å². The van der Waals surface area contributed by atoms with Crippen molar-refractivity contribution >= 4 is 0 Å². The van der Waals surface area contributed by atoms with E-state index in [-0.39, 0.29) is 0 Å². The molecule has 0 radical (unpaired) electrons. The van der Waals surface area contributed by atoms with E-state index >= 15 is 0 Å². The predicted molar refractivity (Wildman–Crippen MR) is 67.9 cm³/mol. The largest absolute Gasteiger partial charge is 0.381 e. The summed E-state index contributed by atoms with van der Waals surface area (Å²) in [5.74, 6) is 7.96. The molecule has 84 valence electrons. The summed E-state index contributed by atoms with van der Waals surface area (Å²) in [4.78, 5) is 0. The SMILES string of the molecule is C#CC(C)C.C#CC(C)C.C#C[C@H](C)O. The highest BCUT2D eigenvalue weighted by atomic mass is 16.3. The number of hydrogen-bond donors (Lipinski definition) is 1. The molecule has 15 heavy (non-hydrogen) atoms. The van der Waals surface area contributed by atoms with Gasteiger partial charge in [-0.05, 0) is 6.92 Å². The summed E-state index contributed by atoms with van der Waals surface area (Å²) < 4.78 is 0. The van der Waals surface area contributed by atoms with Crippen LogP contribution in [-0.4, -0.2) is 11.2 Å². The summed E-state index contributed by atoms with van der Waals surface area (Å²) in [6.07, 6.45) is 13.9. The summed E-state index contributed by atoms with van der Waals surface area (Å²) in [6.45, 7) is 9.49. The number of aliphatic hydroxyl groups excluding tert-OH is 1. The Morgan fingerprint density at radius 3 is 0.867 bits per heavy atom.